The minimum absolute atomic E-state index is 0.118. The van der Waals surface area contributed by atoms with E-state index in [4.69, 9.17) is 5.73 Å². The quantitative estimate of drug-likeness (QED) is 0.563. The standard InChI is InChI=1S/C23H25NO2S/c1-2-21(23-11-7-6-10-19(23)15-24)18-12-13-22(17-8-4-3-5-9-17)20(14-18)16-27(25)26/h3-14,21H,2,15-16,24H2,1H3,(H,25,26). The summed E-state index contributed by atoms with van der Waals surface area (Å²) in [6.07, 6.45) is 0.934. The highest BCUT2D eigenvalue weighted by Crippen LogP contribution is 2.34. The van der Waals surface area contributed by atoms with E-state index in [1.54, 1.807) is 0 Å². The molecule has 2 unspecified atom stereocenters. The van der Waals surface area contributed by atoms with Crippen LogP contribution in [0.5, 0.6) is 0 Å². The van der Waals surface area contributed by atoms with Crippen molar-refractivity contribution >= 4 is 11.1 Å². The van der Waals surface area contributed by atoms with Crippen LogP contribution in [0.4, 0.5) is 0 Å². The summed E-state index contributed by atoms with van der Waals surface area (Å²) in [5, 5.41) is 0. The summed E-state index contributed by atoms with van der Waals surface area (Å²) in [4.78, 5) is 0. The highest BCUT2D eigenvalue weighted by molar-refractivity contribution is 7.78. The first-order valence-electron chi connectivity index (χ1n) is 9.17. The molecule has 0 aliphatic heterocycles. The lowest BCUT2D eigenvalue weighted by Gasteiger charge is -2.21. The summed E-state index contributed by atoms with van der Waals surface area (Å²) in [5.74, 6) is 0.327. The third-order valence-corrected chi connectivity index (χ3v) is 5.51. The fourth-order valence-corrected chi connectivity index (χ4v) is 4.18. The van der Waals surface area contributed by atoms with E-state index in [2.05, 4.69) is 37.3 Å². The van der Waals surface area contributed by atoms with Crippen molar-refractivity contribution in [2.75, 3.05) is 0 Å². The second kappa shape index (κ2) is 9.09. The summed E-state index contributed by atoms with van der Waals surface area (Å²) in [5.41, 5.74) is 12.4. The SMILES string of the molecule is CCC(c1ccc(-c2ccccc2)c(CS(=O)O)c1)c1ccccc1CN. The topological polar surface area (TPSA) is 63.3 Å². The Kier molecular flexibility index (Phi) is 6.56. The van der Waals surface area contributed by atoms with Crippen molar-refractivity contribution in [3.8, 4) is 11.1 Å². The lowest BCUT2D eigenvalue weighted by atomic mass is 9.84. The Labute approximate surface area is 163 Å². The summed E-state index contributed by atoms with van der Waals surface area (Å²) in [6, 6.07) is 24.5. The van der Waals surface area contributed by atoms with Gasteiger partial charge in [0.2, 0.25) is 0 Å². The van der Waals surface area contributed by atoms with Crippen molar-refractivity contribution in [1.82, 2.24) is 0 Å². The minimum atomic E-state index is -1.89. The molecule has 0 amide bonds. The first-order valence-corrected chi connectivity index (χ1v) is 10.4. The monoisotopic (exact) mass is 379 g/mol. The van der Waals surface area contributed by atoms with Gasteiger partial charge < -0.3 is 10.3 Å². The van der Waals surface area contributed by atoms with Crippen LogP contribution >= 0.6 is 0 Å². The summed E-state index contributed by atoms with van der Waals surface area (Å²) in [7, 11) is 0. The second-order valence-corrected chi connectivity index (χ2v) is 7.54. The maximum absolute atomic E-state index is 11.6. The molecule has 0 saturated heterocycles. The van der Waals surface area contributed by atoms with Gasteiger partial charge in [-0.15, -0.1) is 0 Å². The molecule has 2 atom stereocenters. The third kappa shape index (κ3) is 4.53. The molecule has 0 saturated carbocycles. The van der Waals surface area contributed by atoms with Gasteiger partial charge in [0.1, 0.15) is 0 Å². The number of rotatable bonds is 7. The molecule has 3 N–H and O–H groups in total. The minimum Gasteiger partial charge on any atom is -0.326 e. The maximum Gasteiger partial charge on any atom is 0.157 e. The Bertz CT molecular complexity index is 925. The Morgan fingerprint density at radius 1 is 0.963 bits per heavy atom. The van der Waals surface area contributed by atoms with Crippen molar-refractivity contribution in [3.05, 3.63) is 95.1 Å². The zero-order valence-corrected chi connectivity index (χ0v) is 16.3. The van der Waals surface area contributed by atoms with E-state index in [0.717, 1.165) is 34.2 Å². The van der Waals surface area contributed by atoms with Gasteiger partial charge in [0.15, 0.2) is 11.1 Å². The summed E-state index contributed by atoms with van der Waals surface area (Å²) < 4.78 is 21.1. The van der Waals surface area contributed by atoms with Crippen LogP contribution in [-0.2, 0) is 23.4 Å². The molecule has 0 heterocycles. The molecule has 27 heavy (non-hydrogen) atoms. The van der Waals surface area contributed by atoms with Gasteiger partial charge in [-0.2, -0.15) is 0 Å². The van der Waals surface area contributed by atoms with Crippen LogP contribution in [0.2, 0.25) is 0 Å². The number of nitrogens with two attached hydrogens (primary N) is 1. The van der Waals surface area contributed by atoms with Gasteiger partial charge in [-0.1, -0.05) is 79.7 Å². The fraction of sp³-hybridized carbons (Fsp3) is 0.217. The van der Waals surface area contributed by atoms with Crippen molar-refractivity contribution in [2.24, 2.45) is 5.73 Å². The molecule has 0 aliphatic rings. The van der Waals surface area contributed by atoms with E-state index >= 15 is 0 Å². The highest BCUT2D eigenvalue weighted by Gasteiger charge is 2.17. The van der Waals surface area contributed by atoms with Gasteiger partial charge in [0, 0.05) is 12.5 Å². The fourth-order valence-electron chi connectivity index (χ4n) is 3.68. The van der Waals surface area contributed by atoms with Crippen molar-refractivity contribution in [2.45, 2.75) is 31.6 Å². The average molecular weight is 380 g/mol. The van der Waals surface area contributed by atoms with E-state index in [1.807, 2.05) is 42.5 Å². The maximum atomic E-state index is 11.6. The Morgan fingerprint density at radius 2 is 1.67 bits per heavy atom. The van der Waals surface area contributed by atoms with Gasteiger partial charge in [-0.3, -0.25) is 0 Å². The van der Waals surface area contributed by atoms with E-state index in [1.165, 1.54) is 5.56 Å². The second-order valence-electron chi connectivity index (χ2n) is 6.61. The summed E-state index contributed by atoms with van der Waals surface area (Å²) >= 11 is -1.89. The van der Waals surface area contributed by atoms with Crippen LogP contribution in [0.3, 0.4) is 0 Å². The number of hydrogen-bond donors (Lipinski definition) is 2. The first-order chi connectivity index (χ1) is 13.1. The van der Waals surface area contributed by atoms with Gasteiger partial charge >= 0.3 is 0 Å². The van der Waals surface area contributed by atoms with Crippen LogP contribution in [0, 0.1) is 0 Å². The largest absolute Gasteiger partial charge is 0.326 e. The molecule has 4 heteroatoms. The molecular weight excluding hydrogens is 354 g/mol. The van der Waals surface area contributed by atoms with E-state index < -0.39 is 11.1 Å². The van der Waals surface area contributed by atoms with E-state index in [0.29, 0.717) is 6.54 Å². The van der Waals surface area contributed by atoms with Crippen LogP contribution in [-0.4, -0.2) is 8.76 Å². The number of benzene rings is 3. The molecule has 0 bridgehead atoms. The molecule has 140 valence electrons. The zero-order chi connectivity index (χ0) is 19.2. The normalized spacial score (nSPS) is 13.3. The average Bonchev–Trinajstić information content (AvgIpc) is 2.69. The first kappa shape index (κ1) is 19.5. The van der Waals surface area contributed by atoms with Gasteiger partial charge in [-0.05, 0) is 39.8 Å². The summed E-state index contributed by atoms with van der Waals surface area (Å²) in [6.45, 7) is 2.66. The zero-order valence-electron chi connectivity index (χ0n) is 15.5. The van der Waals surface area contributed by atoms with Gasteiger partial charge in [-0.25, -0.2) is 4.21 Å². The van der Waals surface area contributed by atoms with E-state index in [-0.39, 0.29) is 11.7 Å². The predicted octanol–water partition coefficient (Wildman–Crippen LogP) is 5.08. The Hall–Kier alpha value is -2.27. The van der Waals surface area contributed by atoms with Crippen LogP contribution < -0.4 is 5.73 Å². The van der Waals surface area contributed by atoms with Crippen molar-refractivity contribution in [3.63, 3.8) is 0 Å². The molecule has 3 aromatic rings. The van der Waals surface area contributed by atoms with Gasteiger partial charge in [0.25, 0.3) is 0 Å². The van der Waals surface area contributed by atoms with Crippen LogP contribution in [0.25, 0.3) is 11.1 Å². The lowest BCUT2D eigenvalue weighted by molar-refractivity contribution is 0.563. The highest BCUT2D eigenvalue weighted by atomic mass is 32.2. The number of hydrogen-bond acceptors (Lipinski definition) is 2. The van der Waals surface area contributed by atoms with E-state index in [9.17, 15) is 8.76 Å². The Balaban J connectivity index is 2.09. The molecule has 0 aromatic heterocycles. The van der Waals surface area contributed by atoms with Crippen LogP contribution in [0.15, 0.2) is 72.8 Å². The van der Waals surface area contributed by atoms with Gasteiger partial charge in [0.05, 0.1) is 5.75 Å². The molecule has 3 aromatic carbocycles. The molecular formula is C23H25NO2S. The third-order valence-electron chi connectivity index (χ3n) is 4.95. The predicted molar refractivity (Wildman–Crippen MR) is 113 cm³/mol. The molecule has 0 radical (unpaired) electrons. The Morgan fingerprint density at radius 3 is 2.33 bits per heavy atom. The molecule has 0 spiro atoms. The molecule has 3 nitrogen and oxygen atoms in total. The smallest absolute Gasteiger partial charge is 0.157 e. The lowest BCUT2D eigenvalue weighted by Crippen LogP contribution is -2.08. The molecule has 0 fully saturated rings. The van der Waals surface area contributed by atoms with Crippen molar-refractivity contribution in [1.29, 1.82) is 0 Å². The van der Waals surface area contributed by atoms with Crippen LogP contribution in [0.1, 0.15) is 41.5 Å². The molecule has 0 aliphatic carbocycles. The molecule has 3 rings (SSSR count). The van der Waals surface area contributed by atoms with Crippen molar-refractivity contribution < 1.29 is 8.76 Å².